The second kappa shape index (κ2) is 8.29. The predicted octanol–water partition coefficient (Wildman–Crippen LogP) is 4.18. The first-order valence-electron chi connectivity index (χ1n) is 7.90. The van der Waals surface area contributed by atoms with E-state index in [2.05, 4.69) is 10.6 Å². The molecule has 2 aromatic carbocycles. The molecule has 0 radical (unpaired) electrons. The van der Waals surface area contributed by atoms with Crippen LogP contribution in [0, 0.1) is 0 Å². The van der Waals surface area contributed by atoms with Gasteiger partial charge >= 0.3 is 5.97 Å². The van der Waals surface area contributed by atoms with Gasteiger partial charge in [0.1, 0.15) is 0 Å². The summed E-state index contributed by atoms with van der Waals surface area (Å²) in [5.41, 5.74) is 3.11. The van der Waals surface area contributed by atoms with Crippen LogP contribution >= 0.6 is 23.4 Å². The molecule has 5 nitrogen and oxygen atoms in total. The molecule has 3 rings (SSSR count). The minimum absolute atomic E-state index is 0.298. The van der Waals surface area contributed by atoms with E-state index >= 15 is 0 Å². The largest absolute Gasteiger partial charge is 0.466 e. The second-order valence-corrected chi connectivity index (χ2v) is 6.94. The highest BCUT2D eigenvalue weighted by atomic mass is 35.5. The summed E-state index contributed by atoms with van der Waals surface area (Å²) in [5, 5.41) is 6.51. The zero-order valence-corrected chi connectivity index (χ0v) is 15.6. The van der Waals surface area contributed by atoms with Crippen molar-refractivity contribution in [2.45, 2.75) is 0 Å². The Hall–Kier alpha value is -2.44. The van der Waals surface area contributed by atoms with Crippen molar-refractivity contribution in [1.82, 2.24) is 0 Å². The quantitative estimate of drug-likeness (QED) is 0.752. The number of esters is 1. The predicted molar refractivity (Wildman–Crippen MR) is 106 cm³/mol. The van der Waals surface area contributed by atoms with E-state index in [4.69, 9.17) is 16.3 Å². The highest BCUT2D eigenvalue weighted by Gasteiger charge is 2.23. The van der Waals surface area contributed by atoms with Crippen molar-refractivity contribution in [2.24, 2.45) is 0 Å². The molecular weight excluding hydrogens is 372 g/mol. The van der Waals surface area contributed by atoms with Gasteiger partial charge in [0, 0.05) is 17.2 Å². The summed E-state index contributed by atoms with van der Waals surface area (Å²) in [7, 11) is 1.37. The summed E-state index contributed by atoms with van der Waals surface area (Å²) in [6.45, 7) is 0. The van der Waals surface area contributed by atoms with Gasteiger partial charge in [-0.25, -0.2) is 4.79 Å². The van der Waals surface area contributed by atoms with Crippen LogP contribution in [0.2, 0.25) is 5.02 Å². The number of thioether (sulfide) groups is 1. The first-order valence-corrected chi connectivity index (χ1v) is 9.43. The first kappa shape index (κ1) is 18.4. The maximum Gasteiger partial charge on any atom is 0.336 e. The van der Waals surface area contributed by atoms with Gasteiger partial charge in [-0.05, 0) is 24.3 Å². The Kier molecular flexibility index (Phi) is 5.85. The highest BCUT2D eigenvalue weighted by molar-refractivity contribution is 8.00. The number of halogens is 1. The van der Waals surface area contributed by atoms with Crippen molar-refractivity contribution in [3.8, 4) is 0 Å². The summed E-state index contributed by atoms with van der Waals surface area (Å²) < 4.78 is 4.83. The molecule has 0 saturated carbocycles. The fourth-order valence-corrected chi connectivity index (χ4v) is 3.82. The van der Waals surface area contributed by atoms with Crippen molar-refractivity contribution in [3.05, 3.63) is 70.4 Å². The van der Waals surface area contributed by atoms with Crippen molar-refractivity contribution >= 4 is 46.6 Å². The average Bonchev–Trinajstić information content (AvgIpc) is 3.11. The summed E-state index contributed by atoms with van der Waals surface area (Å²) in [5.74, 6) is 0.642. The number of rotatable bonds is 5. The Morgan fingerprint density at radius 2 is 1.73 bits per heavy atom. The molecule has 0 aromatic heterocycles. The topological polar surface area (TPSA) is 67.4 Å². The second-order valence-electron chi connectivity index (χ2n) is 5.55. The molecule has 0 aliphatic carbocycles. The van der Waals surface area contributed by atoms with Gasteiger partial charge in [-0.15, -0.1) is 0 Å². The van der Waals surface area contributed by atoms with Gasteiger partial charge in [-0.1, -0.05) is 35.9 Å². The fraction of sp³-hybridized carbons (Fsp3) is 0.158. The van der Waals surface area contributed by atoms with Gasteiger partial charge < -0.3 is 15.4 Å². The standard InChI is InChI=1S/C19H17ClN2O3S/c1-25-19(24)13-10-26-11-17(13)21-15-8-4-5-9-16(15)22-18(23)12-6-2-3-7-14(12)20/h2-9,21H,10-11H2,1H3,(H,22,23). The molecule has 0 spiro atoms. The Balaban J connectivity index is 1.84. The van der Waals surface area contributed by atoms with Crippen LogP contribution in [0.5, 0.6) is 0 Å². The number of methoxy groups -OCH3 is 1. The molecule has 0 saturated heterocycles. The monoisotopic (exact) mass is 388 g/mol. The van der Waals surface area contributed by atoms with E-state index < -0.39 is 0 Å². The van der Waals surface area contributed by atoms with Crippen LogP contribution in [0.3, 0.4) is 0 Å². The molecule has 1 aliphatic heterocycles. The van der Waals surface area contributed by atoms with E-state index in [0.29, 0.717) is 39.0 Å². The Morgan fingerprint density at radius 1 is 1.04 bits per heavy atom. The lowest BCUT2D eigenvalue weighted by Crippen LogP contribution is -2.15. The third-order valence-corrected chi connectivity index (χ3v) is 5.18. The molecule has 0 fully saturated rings. The number of para-hydroxylation sites is 2. The van der Waals surface area contributed by atoms with Gasteiger partial charge in [0.05, 0.1) is 34.6 Å². The molecule has 0 unspecified atom stereocenters. The maximum atomic E-state index is 12.5. The number of amides is 1. The van der Waals surface area contributed by atoms with Crippen LogP contribution in [0.25, 0.3) is 0 Å². The van der Waals surface area contributed by atoms with Gasteiger partial charge in [-0.3, -0.25) is 4.79 Å². The number of anilines is 2. The average molecular weight is 389 g/mol. The van der Waals surface area contributed by atoms with Crippen LogP contribution < -0.4 is 10.6 Å². The zero-order valence-electron chi connectivity index (χ0n) is 14.0. The summed E-state index contributed by atoms with van der Waals surface area (Å²) >= 11 is 7.72. The fourth-order valence-electron chi connectivity index (χ4n) is 2.54. The zero-order chi connectivity index (χ0) is 18.5. The minimum Gasteiger partial charge on any atom is -0.466 e. The van der Waals surface area contributed by atoms with Crippen LogP contribution in [0.1, 0.15) is 10.4 Å². The smallest absolute Gasteiger partial charge is 0.336 e. The molecule has 2 aromatic rings. The third kappa shape index (κ3) is 4.03. The number of carbonyl (C=O) groups excluding carboxylic acids is 2. The lowest BCUT2D eigenvalue weighted by molar-refractivity contribution is -0.136. The Labute approximate surface area is 160 Å². The number of benzene rings is 2. The molecule has 1 amide bonds. The summed E-state index contributed by atoms with van der Waals surface area (Å²) in [6.07, 6.45) is 0. The summed E-state index contributed by atoms with van der Waals surface area (Å²) in [4.78, 5) is 24.4. The molecule has 0 bridgehead atoms. The number of hydrogen-bond acceptors (Lipinski definition) is 5. The lowest BCUT2D eigenvalue weighted by atomic mass is 10.2. The number of ether oxygens (including phenoxy) is 1. The Morgan fingerprint density at radius 3 is 2.46 bits per heavy atom. The third-order valence-electron chi connectivity index (χ3n) is 3.87. The highest BCUT2D eigenvalue weighted by Crippen LogP contribution is 2.30. The number of carbonyl (C=O) groups is 2. The molecule has 0 atom stereocenters. The molecule has 26 heavy (non-hydrogen) atoms. The van der Waals surface area contributed by atoms with Crippen LogP contribution in [0.15, 0.2) is 59.8 Å². The molecule has 1 aliphatic rings. The van der Waals surface area contributed by atoms with Gasteiger partial charge in [0.25, 0.3) is 5.91 Å². The minimum atomic E-state index is -0.338. The van der Waals surface area contributed by atoms with E-state index in [0.717, 1.165) is 5.70 Å². The normalized spacial score (nSPS) is 13.5. The van der Waals surface area contributed by atoms with E-state index in [1.165, 1.54) is 7.11 Å². The van der Waals surface area contributed by atoms with Crippen molar-refractivity contribution in [3.63, 3.8) is 0 Å². The molecule has 134 valence electrons. The molecule has 1 heterocycles. The van der Waals surface area contributed by atoms with Crippen LogP contribution in [0.4, 0.5) is 11.4 Å². The van der Waals surface area contributed by atoms with E-state index in [1.54, 1.807) is 42.1 Å². The lowest BCUT2D eigenvalue weighted by Gasteiger charge is -2.15. The van der Waals surface area contributed by atoms with Crippen molar-refractivity contribution in [2.75, 3.05) is 29.2 Å². The molecule has 2 N–H and O–H groups in total. The summed E-state index contributed by atoms with van der Waals surface area (Å²) in [6, 6.07) is 14.2. The molecular formula is C19H17ClN2O3S. The number of nitrogens with one attached hydrogen (secondary N) is 2. The van der Waals surface area contributed by atoms with Crippen molar-refractivity contribution < 1.29 is 14.3 Å². The van der Waals surface area contributed by atoms with E-state index in [-0.39, 0.29) is 11.9 Å². The first-order chi connectivity index (χ1) is 12.6. The van der Waals surface area contributed by atoms with Gasteiger partial charge in [0.15, 0.2) is 0 Å². The number of hydrogen-bond donors (Lipinski definition) is 2. The van der Waals surface area contributed by atoms with Crippen molar-refractivity contribution in [1.29, 1.82) is 0 Å². The maximum absolute atomic E-state index is 12.5. The van der Waals surface area contributed by atoms with E-state index in [1.807, 2.05) is 18.2 Å². The SMILES string of the molecule is COC(=O)C1=C(Nc2ccccc2NC(=O)c2ccccc2Cl)CSC1. The van der Waals surface area contributed by atoms with E-state index in [9.17, 15) is 9.59 Å². The van der Waals surface area contributed by atoms with Crippen LogP contribution in [-0.4, -0.2) is 30.5 Å². The van der Waals surface area contributed by atoms with Gasteiger partial charge in [-0.2, -0.15) is 11.8 Å². The van der Waals surface area contributed by atoms with Crippen LogP contribution in [-0.2, 0) is 9.53 Å². The van der Waals surface area contributed by atoms with Gasteiger partial charge in [0.2, 0.25) is 0 Å². The molecule has 7 heteroatoms. The Bertz CT molecular complexity index is 883.